The van der Waals surface area contributed by atoms with Crippen molar-refractivity contribution in [1.29, 1.82) is 0 Å². The molecule has 37 heavy (non-hydrogen) atoms. The summed E-state index contributed by atoms with van der Waals surface area (Å²) in [5.74, 6) is -0.307. The van der Waals surface area contributed by atoms with Crippen molar-refractivity contribution in [3.63, 3.8) is 0 Å². The predicted octanol–water partition coefficient (Wildman–Crippen LogP) is 5.99. The first kappa shape index (κ1) is 25.2. The SMILES string of the molecule is CCc1ccc(-c2cc3n(n2)C[C@](C)(C(=O)NC2CCCCCC2)N(c2ccc(C)c(C)c2)C3=O)cc1. The van der Waals surface area contributed by atoms with Crippen LogP contribution in [-0.2, 0) is 17.8 Å². The average Bonchev–Trinajstić information content (AvgIpc) is 3.14. The molecule has 2 aromatic carbocycles. The van der Waals surface area contributed by atoms with Crippen LogP contribution in [0.1, 0.15) is 79.6 Å². The number of fused-ring (bicyclic) bond motifs is 1. The number of hydrogen-bond donors (Lipinski definition) is 1. The standard InChI is InChI=1S/C31H38N4O2/c1-5-23-13-15-24(16-14-23)27-19-28-29(36)35(26-17-12-21(2)22(3)18-26)31(4,20-34(28)33-27)30(37)32-25-10-8-6-7-9-11-25/h12-19,25H,5-11,20H2,1-4H3,(H,32,37)/t31-/m1/s1. The van der Waals surface area contributed by atoms with Gasteiger partial charge in [-0.1, -0.05) is 62.9 Å². The second-order valence-electron chi connectivity index (χ2n) is 11.0. The minimum absolute atomic E-state index is 0.110. The first-order valence-electron chi connectivity index (χ1n) is 13.7. The van der Waals surface area contributed by atoms with Crippen LogP contribution < -0.4 is 10.2 Å². The van der Waals surface area contributed by atoms with E-state index in [0.717, 1.165) is 60.2 Å². The Labute approximate surface area is 220 Å². The Morgan fingerprint density at radius 1 is 1.00 bits per heavy atom. The quantitative estimate of drug-likeness (QED) is 0.440. The zero-order valence-corrected chi connectivity index (χ0v) is 22.5. The molecule has 0 radical (unpaired) electrons. The maximum Gasteiger partial charge on any atom is 0.277 e. The van der Waals surface area contributed by atoms with Gasteiger partial charge in [0.25, 0.3) is 5.91 Å². The maximum atomic E-state index is 14.1. The molecule has 3 aromatic rings. The zero-order valence-electron chi connectivity index (χ0n) is 22.5. The number of amides is 2. The molecular weight excluding hydrogens is 460 g/mol. The second-order valence-corrected chi connectivity index (χ2v) is 11.0. The number of benzene rings is 2. The highest BCUT2D eigenvalue weighted by atomic mass is 16.2. The lowest BCUT2D eigenvalue weighted by molar-refractivity contribution is -0.127. The molecule has 0 spiro atoms. The van der Waals surface area contributed by atoms with Crippen LogP contribution in [-0.4, -0.2) is 33.2 Å². The number of carbonyl (C=O) groups is 2. The lowest BCUT2D eigenvalue weighted by atomic mass is 9.92. The van der Waals surface area contributed by atoms with Crippen molar-refractivity contribution in [3.8, 4) is 11.3 Å². The number of hydrogen-bond acceptors (Lipinski definition) is 3. The molecule has 1 aromatic heterocycles. The van der Waals surface area contributed by atoms with Gasteiger partial charge in [0.2, 0.25) is 5.91 Å². The number of rotatable bonds is 5. The van der Waals surface area contributed by atoms with E-state index >= 15 is 0 Å². The van der Waals surface area contributed by atoms with Crippen LogP contribution in [0.5, 0.6) is 0 Å². The smallest absolute Gasteiger partial charge is 0.277 e. The molecule has 5 rings (SSSR count). The largest absolute Gasteiger partial charge is 0.351 e. The van der Waals surface area contributed by atoms with Gasteiger partial charge in [0.05, 0.1) is 12.2 Å². The minimum atomic E-state index is -1.10. The summed E-state index contributed by atoms with van der Waals surface area (Å²) in [7, 11) is 0. The van der Waals surface area contributed by atoms with Crippen LogP contribution in [0.3, 0.4) is 0 Å². The van der Waals surface area contributed by atoms with Crippen molar-refractivity contribution < 1.29 is 9.59 Å². The van der Waals surface area contributed by atoms with Gasteiger partial charge < -0.3 is 5.32 Å². The Morgan fingerprint density at radius 2 is 1.70 bits per heavy atom. The van der Waals surface area contributed by atoms with Crippen molar-refractivity contribution in [2.75, 3.05) is 4.90 Å². The summed E-state index contributed by atoms with van der Waals surface area (Å²) in [4.78, 5) is 29.8. The highest BCUT2D eigenvalue weighted by molar-refractivity contribution is 6.12. The number of aryl methyl sites for hydroxylation is 3. The molecule has 2 heterocycles. The van der Waals surface area contributed by atoms with Crippen LogP contribution in [0.2, 0.25) is 0 Å². The number of aromatic nitrogens is 2. The van der Waals surface area contributed by atoms with E-state index in [2.05, 4.69) is 43.4 Å². The van der Waals surface area contributed by atoms with E-state index in [-0.39, 0.29) is 17.9 Å². The molecule has 194 valence electrons. The van der Waals surface area contributed by atoms with E-state index in [9.17, 15) is 9.59 Å². The molecule has 1 atom stereocenters. The van der Waals surface area contributed by atoms with E-state index < -0.39 is 5.54 Å². The summed E-state index contributed by atoms with van der Waals surface area (Å²) in [5.41, 5.74) is 5.36. The molecule has 1 N–H and O–H groups in total. The van der Waals surface area contributed by atoms with Crippen LogP contribution in [0, 0.1) is 13.8 Å². The first-order chi connectivity index (χ1) is 17.8. The molecule has 1 aliphatic heterocycles. The first-order valence-corrected chi connectivity index (χ1v) is 13.7. The molecule has 0 unspecified atom stereocenters. The monoisotopic (exact) mass is 498 g/mol. The number of nitrogens with one attached hydrogen (secondary N) is 1. The highest BCUT2D eigenvalue weighted by Crippen LogP contribution is 2.35. The molecule has 0 saturated heterocycles. The van der Waals surface area contributed by atoms with Crippen LogP contribution >= 0.6 is 0 Å². The van der Waals surface area contributed by atoms with Gasteiger partial charge in [0.15, 0.2) is 0 Å². The van der Waals surface area contributed by atoms with E-state index in [1.165, 1.54) is 18.4 Å². The Bertz CT molecular complexity index is 1300. The molecular formula is C31H38N4O2. The summed E-state index contributed by atoms with van der Waals surface area (Å²) < 4.78 is 1.73. The Morgan fingerprint density at radius 3 is 2.35 bits per heavy atom. The van der Waals surface area contributed by atoms with E-state index in [1.54, 1.807) is 9.58 Å². The van der Waals surface area contributed by atoms with Crippen molar-refractivity contribution in [1.82, 2.24) is 15.1 Å². The third-order valence-electron chi connectivity index (χ3n) is 8.24. The fourth-order valence-corrected chi connectivity index (χ4v) is 5.67. The molecule has 2 amide bonds. The lowest BCUT2D eigenvalue weighted by Gasteiger charge is -2.44. The third kappa shape index (κ3) is 4.81. The fraction of sp³-hybridized carbons (Fsp3) is 0.452. The maximum absolute atomic E-state index is 14.1. The van der Waals surface area contributed by atoms with Crippen LogP contribution in [0.25, 0.3) is 11.3 Å². The van der Waals surface area contributed by atoms with E-state index in [1.807, 2.05) is 38.1 Å². The van der Waals surface area contributed by atoms with Gasteiger partial charge in [-0.05, 0) is 74.9 Å². The summed E-state index contributed by atoms with van der Waals surface area (Å²) >= 11 is 0. The van der Waals surface area contributed by atoms with Gasteiger partial charge in [-0.25, -0.2) is 0 Å². The summed E-state index contributed by atoms with van der Waals surface area (Å²) in [5, 5.41) is 8.14. The highest BCUT2D eigenvalue weighted by Gasteiger charge is 2.49. The van der Waals surface area contributed by atoms with Gasteiger partial charge in [0.1, 0.15) is 11.2 Å². The molecule has 6 nitrogen and oxygen atoms in total. The van der Waals surface area contributed by atoms with E-state index in [0.29, 0.717) is 12.2 Å². The molecule has 1 saturated carbocycles. The number of carbonyl (C=O) groups excluding carboxylic acids is 2. The fourth-order valence-electron chi connectivity index (χ4n) is 5.67. The predicted molar refractivity (Wildman–Crippen MR) is 148 cm³/mol. The molecule has 1 aliphatic carbocycles. The van der Waals surface area contributed by atoms with Crippen LogP contribution in [0.4, 0.5) is 5.69 Å². The topological polar surface area (TPSA) is 67.2 Å². The molecule has 6 heteroatoms. The number of nitrogens with zero attached hydrogens (tertiary/aromatic N) is 3. The second kappa shape index (κ2) is 10.2. The van der Waals surface area contributed by atoms with Gasteiger partial charge in [-0.2, -0.15) is 5.10 Å². The minimum Gasteiger partial charge on any atom is -0.351 e. The Hall–Kier alpha value is -3.41. The lowest BCUT2D eigenvalue weighted by Crippen LogP contribution is -2.65. The zero-order chi connectivity index (χ0) is 26.2. The summed E-state index contributed by atoms with van der Waals surface area (Å²) in [6.07, 6.45) is 7.65. The van der Waals surface area contributed by atoms with Crippen molar-refractivity contribution >= 4 is 17.5 Å². The van der Waals surface area contributed by atoms with Gasteiger partial charge >= 0.3 is 0 Å². The Kier molecular flexibility index (Phi) is 6.93. The van der Waals surface area contributed by atoms with Crippen molar-refractivity contribution in [2.24, 2.45) is 0 Å². The van der Waals surface area contributed by atoms with Gasteiger partial charge in [-0.3, -0.25) is 19.2 Å². The normalized spacial score (nSPS) is 20.4. The van der Waals surface area contributed by atoms with Crippen molar-refractivity contribution in [2.45, 2.75) is 90.8 Å². The number of anilines is 1. The van der Waals surface area contributed by atoms with Gasteiger partial charge in [0, 0.05) is 17.3 Å². The average molecular weight is 499 g/mol. The third-order valence-corrected chi connectivity index (χ3v) is 8.24. The van der Waals surface area contributed by atoms with E-state index in [4.69, 9.17) is 5.10 Å². The van der Waals surface area contributed by atoms with Crippen molar-refractivity contribution in [3.05, 3.63) is 70.9 Å². The summed E-state index contributed by atoms with van der Waals surface area (Å²) in [6.45, 7) is 8.41. The molecule has 2 aliphatic rings. The molecule has 0 bridgehead atoms. The molecule has 1 fully saturated rings. The Balaban J connectivity index is 1.55. The van der Waals surface area contributed by atoms with Gasteiger partial charge in [-0.15, -0.1) is 0 Å². The summed E-state index contributed by atoms with van der Waals surface area (Å²) in [6, 6.07) is 16.3. The van der Waals surface area contributed by atoms with Crippen LogP contribution in [0.15, 0.2) is 48.5 Å².